The van der Waals surface area contributed by atoms with Crippen LogP contribution in [0.15, 0.2) is 41.0 Å². The standard InChI is InChI=1S/C14H16N2OS/c1-10-11(7-8-17-10)9-16(2)13-6-4-3-5-12(13)14(15)18/h3-8H,9H2,1-2H3,(H2,15,18). The van der Waals surface area contributed by atoms with Gasteiger partial charge in [-0.2, -0.15) is 0 Å². The number of aryl methyl sites for hydroxylation is 1. The highest BCUT2D eigenvalue weighted by molar-refractivity contribution is 7.80. The van der Waals surface area contributed by atoms with Crippen molar-refractivity contribution >= 4 is 22.9 Å². The Morgan fingerprint density at radius 1 is 1.33 bits per heavy atom. The van der Waals surface area contributed by atoms with E-state index in [-0.39, 0.29) is 0 Å². The minimum Gasteiger partial charge on any atom is -0.469 e. The molecule has 0 aliphatic carbocycles. The van der Waals surface area contributed by atoms with E-state index in [9.17, 15) is 0 Å². The molecule has 94 valence electrons. The van der Waals surface area contributed by atoms with Crippen molar-refractivity contribution in [2.45, 2.75) is 13.5 Å². The summed E-state index contributed by atoms with van der Waals surface area (Å²) in [4.78, 5) is 2.54. The third-order valence-corrected chi connectivity index (χ3v) is 3.17. The number of thiocarbonyl (C=S) groups is 1. The largest absolute Gasteiger partial charge is 0.469 e. The number of benzene rings is 1. The summed E-state index contributed by atoms with van der Waals surface area (Å²) < 4.78 is 5.30. The maximum atomic E-state index is 5.74. The molecule has 0 radical (unpaired) electrons. The van der Waals surface area contributed by atoms with Gasteiger partial charge in [0.25, 0.3) is 0 Å². The Morgan fingerprint density at radius 3 is 2.67 bits per heavy atom. The molecule has 4 heteroatoms. The zero-order chi connectivity index (χ0) is 13.1. The van der Waals surface area contributed by atoms with E-state index in [0.717, 1.165) is 29.1 Å². The summed E-state index contributed by atoms with van der Waals surface area (Å²) in [6, 6.07) is 9.86. The van der Waals surface area contributed by atoms with E-state index in [4.69, 9.17) is 22.4 Å². The molecule has 1 aromatic heterocycles. The minimum atomic E-state index is 0.418. The van der Waals surface area contributed by atoms with Gasteiger partial charge in [-0.05, 0) is 25.1 Å². The lowest BCUT2D eigenvalue weighted by atomic mass is 10.1. The highest BCUT2D eigenvalue weighted by atomic mass is 32.1. The predicted molar refractivity (Wildman–Crippen MR) is 77.9 cm³/mol. The summed E-state index contributed by atoms with van der Waals surface area (Å²) in [5.74, 6) is 0.939. The Bertz CT molecular complexity index is 562. The molecule has 0 unspecified atom stereocenters. The Kier molecular flexibility index (Phi) is 3.67. The Balaban J connectivity index is 2.26. The summed E-state index contributed by atoms with van der Waals surface area (Å²) in [5, 5.41) is 0. The maximum absolute atomic E-state index is 5.74. The van der Waals surface area contributed by atoms with Crippen LogP contribution in [0.1, 0.15) is 16.9 Å². The van der Waals surface area contributed by atoms with E-state index in [1.807, 2.05) is 44.3 Å². The number of nitrogens with zero attached hydrogens (tertiary/aromatic N) is 1. The average Bonchev–Trinajstić information content (AvgIpc) is 2.75. The molecule has 0 atom stereocenters. The quantitative estimate of drug-likeness (QED) is 0.858. The summed E-state index contributed by atoms with van der Waals surface area (Å²) in [6.45, 7) is 2.73. The Labute approximate surface area is 112 Å². The first-order valence-electron chi connectivity index (χ1n) is 5.72. The summed E-state index contributed by atoms with van der Waals surface area (Å²) in [7, 11) is 2.02. The molecule has 0 spiro atoms. The Hall–Kier alpha value is -1.81. The fraction of sp³-hybridized carbons (Fsp3) is 0.214. The van der Waals surface area contributed by atoms with Gasteiger partial charge in [0.2, 0.25) is 0 Å². The van der Waals surface area contributed by atoms with Gasteiger partial charge in [0.1, 0.15) is 10.7 Å². The van der Waals surface area contributed by atoms with Crippen LogP contribution < -0.4 is 10.6 Å². The van der Waals surface area contributed by atoms with Crippen LogP contribution in [0.5, 0.6) is 0 Å². The molecule has 3 nitrogen and oxygen atoms in total. The van der Waals surface area contributed by atoms with Crippen molar-refractivity contribution in [1.29, 1.82) is 0 Å². The van der Waals surface area contributed by atoms with Gasteiger partial charge < -0.3 is 15.1 Å². The molecule has 0 amide bonds. The van der Waals surface area contributed by atoms with Crippen molar-refractivity contribution < 1.29 is 4.42 Å². The SMILES string of the molecule is Cc1occc1CN(C)c1ccccc1C(N)=S. The number of rotatable bonds is 4. The minimum absolute atomic E-state index is 0.418. The molecular weight excluding hydrogens is 244 g/mol. The van der Waals surface area contributed by atoms with Crippen molar-refractivity contribution in [2.75, 3.05) is 11.9 Å². The Morgan fingerprint density at radius 2 is 2.06 bits per heavy atom. The molecule has 0 aliphatic heterocycles. The van der Waals surface area contributed by atoms with Crippen molar-refractivity contribution in [3.63, 3.8) is 0 Å². The van der Waals surface area contributed by atoms with Crippen molar-refractivity contribution in [1.82, 2.24) is 0 Å². The molecule has 18 heavy (non-hydrogen) atoms. The van der Waals surface area contributed by atoms with E-state index in [1.54, 1.807) is 6.26 Å². The van der Waals surface area contributed by atoms with Gasteiger partial charge in [-0.25, -0.2) is 0 Å². The number of para-hydroxylation sites is 1. The van der Waals surface area contributed by atoms with Crippen LogP contribution in [-0.2, 0) is 6.54 Å². The van der Waals surface area contributed by atoms with Gasteiger partial charge in [0, 0.05) is 30.4 Å². The van der Waals surface area contributed by atoms with Crippen LogP contribution in [0.2, 0.25) is 0 Å². The van der Waals surface area contributed by atoms with Crippen LogP contribution in [0.25, 0.3) is 0 Å². The van der Waals surface area contributed by atoms with Gasteiger partial charge in [-0.15, -0.1) is 0 Å². The summed E-state index contributed by atoms with van der Waals surface area (Å²) in [6.07, 6.45) is 1.71. The summed E-state index contributed by atoms with van der Waals surface area (Å²) >= 11 is 5.08. The monoisotopic (exact) mass is 260 g/mol. The van der Waals surface area contributed by atoms with Crippen LogP contribution in [0.4, 0.5) is 5.69 Å². The number of nitrogens with two attached hydrogens (primary N) is 1. The lowest BCUT2D eigenvalue weighted by Crippen LogP contribution is -2.21. The topological polar surface area (TPSA) is 42.4 Å². The van der Waals surface area contributed by atoms with Crippen LogP contribution in [0, 0.1) is 6.92 Å². The van der Waals surface area contributed by atoms with Crippen LogP contribution >= 0.6 is 12.2 Å². The van der Waals surface area contributed by atoms with Crippen LogP contribution in [0.3, 0.4) is 0 Å². The summed E-state index contributed by atoms with van der Waals surface area (Å²) in [5.41, 5.74) is 8.84. The van der Waals surface area contributed by atoms with Gasteiger partial charge in [-0.3, -0.25) is 0 Å². The molecule has 2 N–H and O–H groups in total. The van der Waals surface area contributed by atoms with E-state index in [2.05, 4.69) is 4.90 Å². The number of furan rings is 1. The van der Waals surface area contributed by atoms with Gasteiger partial charge in [0.15, 0.2) is 0 Å². The first kappa shape index (κ1) is 12.6. The van der Waals surface area contributed by atoms with Crippen LogP contribution in [-0.4, -0.2) is 12.0 Å². The molecule has 0 fully saturated rings. The van der Waals surface area contributed by atoms with Crippen molar-refractivity contribution in [3.8, 4) is 0 Å². The van der Waals surface area contributed by atoms with Gasteiger partial charge in [-0.1, -0.05) is 24.4 Å². The number of hydrogen-bond donors (Lipinski definition) is 1. The third kappa shape index (κ3) is 2.54. The van der Waals surface area contributed by atoms with Gasteiger partial charge in [0.05, 0.1) is 6.26 Å². The highest BCUT2D eigenvalue weighted by Crippen LogP contribution is 2.22. The molecule has 0 saturated heterocycles. The van der Waals surface area contributed by atoms with Crippen molar-refractivity contribution in [2.24, 2.45) is 5.73 Å². The molecule has 1 aromatic carbocycles. The first-order valence-corrected chi connectivity index (χ1v) is 6.13. The maximum Gasteiger partial charge on any atom is 0.106 e. The fourth-order valence-corrected chi connectivity index (χ4v) is 2.10. The lowest BCUT2D eigenvalue weighted by molar-refractivity contribution is 0.529. The number of hydrogen-bond acceptors (Lipinski definition) is 3. The third-order valence-electron chi connectivity index (χ3n) is 2.95. The second kappa shape index (κ2) is 5.23. The normalized spacial score (nSPS) is 10.3. The fourth-order valence-electron chi connectivity index (χ4n) is 1.93. The highest BCUT2D eigenvalue weighted by Gasteiger charge is 2.11. The molecule has 2 aromatic rings. The predicted octanol–water partition coefficient (Wildman–Crippen LogP) is 2.86. The van der Waals surface area contributed by atoms with E-state index >= 15 is 0 Å². The van der Waals surface area contributed by atoms with Gasteiger partial charge >= 0.3 is 0 Å². The van der Waals surface area contributed by atoms with E-state index in [0.29, 0.717) is 4.99 Å². The molecule has 0 bridgehead atoms. The average molecular weight is 260 g/mol. The first-order chi connectivity index (χ1) is 8.59. The molecule has 1 heterocycles. The van der Waals surface area contributed by atoms with E-state index in [1.165, 1.54) is 0 Å². The van der Waals surface area contributed by atoms with Crippen molar-refractivity contribution in [3.05, 3.63) is 53.5 Å². The zero-order valence-electron chi connectivity index (χ0n) is 10.5. The number of anilines is 1. The lowest BCUT2D eigenvalue weighted by Gasteiger charge is -2.21. The van der Waals surface area contributed by atoms with E-state index < -0.39 is 0 Å². The molecule has 2 rings (SSSR count). The molecule has 0 saturated carbocycles. The second-order valence-corrected chi connectivity index (χ2v) is 4.68. The second-order valence-electron chi connectivity index (χ2n) is 4.24. The molecule has 0 aliphatic rings. The smallest absolute Gasteiger partial charge is 0.106 e. The molecular formula is C14H16N2OS. The zero-order valence-corrected chi connectivity index (χ0v) is 11.3.